The van der Waals surface area contributed by atoms with Crippen molar-refractivity contribution in [2.24, 2.45) is 4.99 Å². The number of carbonyl (C=O) groups excluding carboxylic acids is 1. The third-order valence-corrected chi connectivity index (χ3v) is 5.95. The summed E-state index contributed by atoms with van der Waals surface area (Å²) in [7, 11) is 1.67. The molecule has 0 atom stereocenters. The van der Waals surface area contributed by atoms with Gasteiger partial charge in [0, 0.05) is 31.5 Å². The Morgan fingerprint density at radius 1 is 1.21 bits per heavy atom. The molecule has 0 radical (unpaired) electrons. The van der Waals surface area contributed by atoms with Crippen LogP contribution in [0, 0.1) is 11.5 Å². The van der Waals surface area contributed by atoms with Gasteiger partial charge < -0.3 is 10.6 Å². The summed E-state index contributed by atoms with van der Waals surface area (Å²) in [6, 6.07) is 10.8. The van der Waals surface area contributed by atoms with E-state index >= 15 is 0 Å². The molecule has 1 saturated carbocycles. The van der Waals surface area contributed by atoms with Gasteiger partial charge in [0.1, 0.15) is 0 Å². The first-order valence-corrected chi connectivity index (χ1v) is 10.8. The minimum atomic E-state index is -0.0370. The third kappa shape index (κ3) is 7.08. The van der Waals surface area contributed by atoms with Crippen LogP contribution in [0.1, 0.15) is 70.3 Å². The summed E-state index contributed by atoms with van der Waals surface area (Å²) in [5.41, 5.74) is 1.26. The highest BCUT2D eigenvalue weighted by molar-refractivity contribution is 5.81. The van der Waals surface area contributed by atoms with E-state index in [2.05, 4.69) is 52.1 Å². The first-order valence-electron chi connectivity index (χ1n) is 10.8. The van der Waals surface area contributed by atoms with Crippen molar-refractivity contribution in [3.63, 3.8) is 0 Å². The van der Waals surface area contributed by atoms with Gasteiger partial charge in [0.25, 0.3) is 0 Å². The molecule has 3 N–H and O–H groups in total. The molecule has 1 fully saturated rings. The van der Waals surface area contributed by atoms with Gasteiger partial charge in [0.05, 0.1) is 0 Å². The molecule has 29 heavy (non-hydrogen) atoms. The van der Waals surface area contributed by atoms with E-state index in [1.165, 1.54) is 18.4 Å². The van der Waals surface area contributed by atoms with Crippen LogP contribution in [0.5, 0.6) is 0 Å². The molecule has 1 aliphatic rings. The Bertz CT molecular complexity index is 687. The highest BCUT2D eigenvalue weighted by Crippen LogP contribution is 2.39. The van der Waals surface area contributed by atoms with Gasteiger partial charge in [-0.1, -0.05) is 56.5 Å². The van der Waals surface area contributed by atoms with Gasteiger partial charge in [-0.25, -0.2) is 0 Å². The van der Waals surface area contributed by atoms with Crippen molar-refractivity contribution in [1.29, 1.82) is 5.26 Å². The number of unbranched alkanes of at least 4 members (excludes halogenated alkanes) is 3. The maximum atomic E-state index is 12.4. The largest absolute Gasteiger partial charge is 0.355 e. The van der Waals surface area contributed by atoms with Gasteiger partial charge in [0.2, 0.25) is 11.9 Å². The number of hydrogen-bond acceptors (Lipinski definition) is 3. The lowest BCUT2D eigenvalue weighted by atomic mass is 9.68. The van der Waals surface area contributed by atoms with Gasteiger partial charge in [-0.2, -0.15) is 5.26 Å². The number of benzene rings is 1. The number of nitrogens with zero attached hydrogens (tertiary/aromatic N) is 2. The molecule has 1 amide bonds. The number of aliphatic imine (C=N–C) groups is 1. The van der Waals surface area contributed by atoms with Crippen LogP contribution < -0.4 is 16.0 Å². The minimum absolute atomic E-state index is 0.0370. The normalized spacial score (nSPS) is 21.8. The van der Waals surface area contributed by atoms with Gasteiger partial charge in [0.15, 0.2) is 6.19 Å². The predicted molar refractivity (Wildman–Crippen MR) is 117 cm³/mol. The molecular weight excluding hydrogens is 362 g/mol. The Hall–Kier alpha value is -2.55. The number of carbonyl (C=O) groups is 1. The Balaban J connectivity index is 1.97. The fraction of sp³-hybridized carbons (Fsp3) is 0.609. The van der Waals surface area contributed by atoms with Crippen LogP contribution in [0.25, 0.3) is 0 Å². The zero-order chi connectivity index (χ0) is 21.0. The molecule has 1 aromatic carbocycles. The lowest BCUT2D eigenvalue weighted by Crippen LogP contribution is -2.49. The molecule has 2 rings (SSSR count). The summed E-state index contributed by atoms with van der Waals surface area (Å²) < 4.78 is 0. The summed E-state index contributed by atoms with van der Waals surface area (Å²) >= 11 is 0. The van der Waals surface area contributed by atoms with Gasteiger partial charge in [-0.15, -0.1) is 0 Å². The molecule has 0 bridgehead atoms. The molecule has 158 valence electrons. The molecule has 6 heteroatoms. The fourth-order valence-electron chi connectivity index (χ4n) is 4.15. The Labute approximate surface area is 175 Å². The van der Waals surface area contributed by atoms with Crippen LogP contribution in [0.2, 0.25) is 0 Å². The van der Waals surface area contributed by atoms with E-state index in [1.807, 2.05) is 12.3 Å². The second-order valence-electron chi connectivity index (χ2n) is 7.96. The smallest absolute Gasteiger partial charge is 0.220 e. The van der Waals surface area contributed by atoms with Gasteiger partial charge >= 0.3 is 0 Å². The van der Waals surface area contributed by atoms with Crippen molar-refractivity contribution >= 4 is 11.9 Å². The van der Waals surface area contributed by atoms with E-state index in [0.29, 0.717) is 18.9 Å². The average molecular weight is 398 g/mol. The molecule has 0 spiro atoms. The number of hydrogen-bond donors (Lipinski definition) is 3. The molecule has 0 aliphatic heterocycles. The maximum absolute atomic E-state index is 12.4. The number of guanidine groups is 1. The zero-order valence-electron chi connectivity index (χ0n) is 17.8. The molecular formula is C23H35N5O. The van der Waals surface area contributed by atoms with Crippen molar-refractivity contribution in [3.05, 3.63) is 35.9 Å². The van der Waals surface area contributed by atoms with Crippen LogP contribution in [-0.4, -0.2) is 31.5 Å². The molecule has 6 nitrogen and oxygen atoms in total. The zero-order valence-corrected chi connectivity index (χ0v) is 17.8. The van der Waals surface area contributed by atoms with E-state index in [9.17, 15) is 4.79 Å². The van der Waals surface area contributed by atoms with E-state index in [1.54, 1.807) is 7.05 Å². The lowest BCUT2D eigenvalue weighted by Gasteiger charge is -2.41. The van der Waals surface area contributed by atoms with Gasteiger partial charge in [-0.3, -0.25) is 15.1 Å². The quantitative estimate of drug-likeness (QED) is 0.195. The molecule has 0 saturated heterocycles. The molecule has 0 aromatic heterocycles. The van der Waals surface area contributed by atoms with E-state index < -0.39 is 0 Å². The van der Waals surface area contributed by atoms with E-state index in [4.69, 9.17) is 5.26 Å². The van der Waals surface area contributed by atoms with Crippen molar-refractivity contribution in [3.8, 4) is 6.19 Å². The first kappa shape index (κ1) is 22.7. The number of rotatable bonds is 9. The van der Waals surface area contributed by atoms with Crippen LogP contribution in [-0.2, 0) is 10.2 Å². The minimum Gasteiger partial charge on any atom is -0.355 e. The highest BCUT2D eigenvalue weighted by Gasteiger charge is 2.37. The number of nitrogens with one attached hydrogen (secondary N) is 3. The number of amides is 1. The lowest BCUT2D eigenvalue weighted by molar-refractivity contribution is -0.121. The monoisotopic (exact) mass is 397 g/mol. The fourth-order valence-corrected chi connectivity index (χ4v) is 4.15. The van der Waals surface area contributed by atoms with E-state index in [-0.39, 0.29) is 17.4 Å². The van der Waals surface area contributed by atoms with Crippen molar-refractivity contribution in [2.75, 3.05) is 13.6 Å². The van der Waals surface area contributed by atoms with Crippen molar-refractivity contribution in [1.82, 2.24) is 16.0 Å². The molecule has 0 heterocycles. The third-order valence-electron chi connectivity index (χ3n) is 5.95. The van der Waals surface area contributed by atoms with Gasteiger partial charge in [-0.05, 0) is 37.7 Å². The Morgan fingerprint density at radius 2 is 1.93 bits per heavy atom. The van der Waals surface area contributed by atoms with Crippen LogP contribution >= 0.6 is 0 Å². The number of nitriles is 1. The second-order valence-corrected chi connectivity index (χ2v) is 7.96. The molecule has 1 aliphatic carbocycles. The van der Waals surface area contributed by atoms with Crippen molar-refractivity contribution in [2.45, 2.75) is 76.2 Å². The molecule has 1 aromatic rings. The predicted octanol–water partition coefficient (Wildman–Crippen LogP) is 3.60. The maximum Gasteiger partial charge on any atom is 0.220 e. The standard InChI is InChI=1S/C23H35N5O/c1-3-4-5-9-12-21(29)26-17-23(19-10-7-6-8-11-19)15-13-20(14-16-23)28-22(25-2)27-18-24/h6-8,10-11,20H,3-5,9,12-17H2,1-2H3,(H,26,29)(H2,25,27,28). The van der Waals surface area contributed by atoms with Crippen LogP contribution in [0.3, 0.4) is 0 Å². The van der Waals surface area contributed by atoms with Crippen LogP contribution in [0.4, 0.5) is 0 Å². The van der Waals surface area contributed by atoms with Crippen LogP contribution in [0.15, 0.2) is 35.3 Å². The first-order chi connectivity index (χ1) is 14.1. The summed E-state index contributed by atoms with van der Waals surface area (Å²) in [6.07, 6.45) is 10.9. The summed E-state index contributed by atoms with van der Waals surface area (Å²) in [4.78, 5) is 16.4. The van der Waals surface area contributed by atoms with Crippen molar-refractivity contribution < 1.29 is 4.79 Å². The average Bonchev–Trinajstić information content (AvgIpc) is 2.76. The second kappa shape index (κ2) is 12.1. The summed E-state index contributed by atoms with van der Waals surface area (Å²) in [6.45, 7) is 2.86. The Morgan fingerprint density at radius 3 is 2.55 bits per heavy atom. The highest BCUT2D eigenvalue weighted by atomic mass is 16.1. The Kier molecular flexibility index (Phi) is 9.49. The van der Waals surface area contributed by atoms with E-state index in [0.717, 1.165) is 38.5 Å². The topological polar surface area (TPSA) is 89.3 Å². The SMILES string of the molecule is CCCCCCC(=O)NCC1(c2ccccc2)CCC(NC(=NC)NC#N)CC1. The summed E-state index contributed by atoms with van der Waals surface area (Å²) in [5, 5.41) is 18.0. The molecule has 0 unspecified atom stereocenters. The summed E-state index contributed by atoms with van der Waals surface area (Å²) in [5.74, 6) is 0.681.